The summed E-state index contributed by atoms with van der Waals surface area (Å²) in [4.78, 5) is 12.9. The van der Waals surface area contributed by atoms with Crippen LogP contribution in [-0.2, 0) is 9.53 Å². The highest BCUT2D eigenvalue weighted by atomic mass is 19.2. The number of likely N-dealkylation sites (N-methyl/N-ethyl adjacent to an activating group) is 1. The van der Waals surface area contributed by atoms with Gasteiger partial charge in [-0.1, -0.05) is 12.1 Å². The lowest BCUT2D eigenvalue weighted by Gasteiger charge is -2.32. The Bertz CT molecular complexity index is 509. The van der Waals surface area contributed by atoms with E-state index in [9.17, 15) is 13.6 Å². The molecule has 0 saturated carbocycles. The van der Waals surface area contributed by atoms with Gasteiger partial charge in [0.15, 0.2) is 11.6 Å². The molecule has 1 aromatic carbocycles. The molecule has 1 fully saturated rings. The normalized spacial score (nSPS) is 24.1. The molecule has 1 N–H and O–H groups in total. The summed E-state index contributed by atoms with van der Waals surface area (Å²) in [7, 11) is 1.70. The molecule has 0 bridgehead atoms. The minimum Gasteiger partial charge on any atom is -0.481 e. The average molecular weight is 285 g/mol. The molecule has 20 heavy (non-hydrogen) atoms. The van der Waals surface area contributed by atoms with Crippen molar-refractivity contribution in [3.05, 3.63) is 35.4 Å². The quantitative estimate of drug-likeness (QED) is 0.920. The number of benzene rings is 1. The second-order valence-electron chi connectivity index (χ2n) is 5.03. The smallest absolute Gasteiger partial charge is 0.310 e. The lowest BCUT2D eigenvalue weighted by atomic mass is 9.98. The van der Waals surface area contributed by atoms with E-state index in [1.165, 1.54) is 12.1 Å². The van der Waals surface area contributed by atoms with Gasteiger partial charge in [-0.3, -0.25) is 9.69 Å². The first kappa shape index (κ1) is 14.9. The molecule has 4 nitrogen and oxygen atoms in total. The first-order chi connectivity index (χ1) is 9.43. The Hall–Kier alpha value is -1.53. The van der Waals surface area contributed by atoms with Gasteiger partial charge >= 0.3 is 5.97 Å². The van der Waals surface area contributed by atoms with Crippen LogP contribution in [0.25, 0.3) is 0 Å². The summed E-state index contributed by atoms with van der Waals surface area (Å²) >= 11 is 0. The van der Waals surface area contributed by atoms with Gasteiger partial charge in [0.05, 0.1) is 19.1 Å². The van der Waals surface area contributed by atoms with E-state index < -0.39 is 29.6 Å². The van der Waals surface area contributed by atoms with Crippen LogP contribution < -0.4 is 0 Å². The predicted octanol–water partition coefficient (Wildman–Crippen LogP) is 2.06. The van der Waals surface area contributed by atoms with Crippen molar-refractivity contribution >= 4 is 5.97 Å². The standard InChI is InChI=1S/C14H17F2NO3/c1-8(9-4-3-5-11(15)13(9)16)17(2)12-7-20-6-10(12)14(18)19/h3-5,8,10,12H,6-7H2,1-2H3,(H,18,19). The molecule has 3 atom stereocenters. The monoisotopic (exact) mass is 285 g/mol. The van der Waals surface area contributed by atoms with Gasteiger partial charge in [-0.05, 0) is 20.0 Å². The summed E-state index contributed by atoms with van der Waals surface area (Å²) in [5, 5.41) is 9.14. The molecule has 0 radical (unpaired) electrons. The summed E-state index contributed by atoms with van der Waals surface area (Å²) < 4.78 is 32.3. The van der Waals surface area contributed by atoms with Crippen molar-refractivity contribution in [2.75, 3.05) is 20.3 Å². The average Bonchev–Trinajstić information content (AvgIpc) is 2.89. The molecular weight excluding hydrogens is 268 g/mol. The van der Waals surface area contributed by atoms with Crippen molar-refractivity contribution in [3.8, 4) is 0 Å². The van der Waals surface area contributed by atoms with Gasteiger partial charge in [-0.2, -0.15) is 0 Å². The molecule has 3 unspecified atom stereocenters. The number of aliphatic carboxylic acids is 1. The largest absolute Gasteiger partial charge is 0.481 e. The number of ether oxygens (including phenoxy) is 1. The summed E-state index contributed by atoms with van der Waals surface area (Å²) in [5.74, 6) is -3.39. The van der Waals surface area contributed by atoms with Gasteiger partial charge in [-0.25, -0.2) is 8.78 Å². The van der Waals surface area contributed by atoms with Crippen LogP contribution in [0.3, 0.4) is 0 Å². The third kappa shape index (κ3) is 2.66. The SMILES string of the molecule is CC(c1cccc(F)c1F)N(C)C1COCC1C(=O)O. The maximum Gasteiger partial charge on any atom is 0.310 e. The second-order valence-corrected chi connectivity index (χ2v) is 5.03. The first-order valence-corrected chi connectivity index (χ1v) is 6.40. The van der Waals surface area contributed by atoms with E-state index in [0.29, 0.717) is 0 Å². The fourth-order valence-electron chi connectivity index (χ4n) is 2.53. The fourth-order valence-corrected chi connectivity index (χ4v) is 2.53. The number of carboxylic acids is 1. The number of rotatable bonds is 4. The van der Waals surface area contributed by atoms with Gasteiger partial charge in [0.25, 0.3) is 0 Å². The number of nitrogens with zero attached hydrogens (tertiary/aromatic N) is 1. The van der Waals surface area contributed by atoms with Crippen molar-refractivity contribution in [2.24, 2.45) is 5.92 Å². The lowest BCUT2D eigenvalue weighted by molar-refractivity contribution is -0.143. The van der Waals surface area contributed by atoms with Crippen LogP contribution in [0.1, 0.15) is 18.5 Å². The van der Waals surface area contributed by atoms with Crippen LogP contribution in [0.5, 0.6) is 0 Å². The van der Waals surface area contributed by atoms with Crippen LogP contribution >= 0.6 is 0 Å². The van der Waals surface area contributed by atoms with Crippen molar-refractivity contribution in [1.82, 2.24) is 4.90 Å². The Balaban J connectivity index is 2.22. The molecule has 1 saturated heterocycles. The third-order valence-electron chi connectivity index (χ3n) is 3.93. The topological polar surface area (TPSA) is 49.8 Å². The molecule has 2 rings (SSSR count). The maximum absolute atomic E-state index is 13.8. The van der Waals surface area contributed by atoms with Gasteiger partial charge in [0, 0.05) is 17.6 Å². The number of carbonyl (C=O) groups is 1. The minimum atomic E-state index is -0.939. The van der Waals surface area contributed by atoms with Crippen LogP contribution in [0.2, 0.25) is 0 Å². The Morgan fingerprint density at radius 2 is 2.15 bits per heavy atom. The summed E-state index contributed by atoms with van der Waals surface area (Å²) in [6, 6.07) is 3.21. The van der Waals surface area contributed by atoms with Gasteiger partial charge in [0.1, 0.15) is 0 Å². The van der Waals surface area contributed by atoms with E-state index in [-0.39, 0.29) is 24.8 Å². The molecule has 0 amide bonds. The number of halogens is 2. The van der Waals surface area contributed by atoms with E-state index in [1.54, 1.807) is 18.9 Å². The Labute approximate surface area is 116 Å². The number of carboxylic acid groups (broad SMARTS) is 1. The first-order valence-electron chi connectivity index (χ1n) is 6.40. The van der Waals surface area contributed by atoms with Crippen LogP contribution in [0, 0.1) is 17.6 Å². The van der Waals surface area contributed by atoms with Gasteiger partial charge in [0.2, 0.25) is 0 Å². The molecule has 1 aliphatic heterocycles. The molecule has 6 heteroatoms. The summed E-state index contributed by atoms with van der Waals surface area (Å²) in [5.41, 5.74) is 0.212. The molecule has 1 aromatic rings. The molecule has 0 aliphatic carbocycles. The lowest BCUT2D eigenvalue weighted by Crippen LogP contribution is -2.42. The fraction of sp³-hybridized carbons (Fsp3) is 0.500. The van der Waals surface area contributed by atoms with Crippen LogP contribution in [0.4, 0.5) is 8.78 Å². The van der Waals surface area contributed by atoms with E-state index in [4.69, 9.17) is 9.84 Å². The molecule has 1 aliphatic rings. The molecule has 1 heterocycles. The molecule has 0 aromatic heterocycles. The maximum atomic E-state index is 13.8. The minimum absolute atomic E-state index is 0.142. The van der Waals surface area contributed by atoms with E-state index >= 15 is 0 Å². The van der Waals surface area contributed by atoms with Gasteiger partial charge in [-0.15, -0.1) is 0 Å². The van der Waals surface area contributed by atoms with E-state index in [1.807, 2.05) is 0 Å². The van der Waals surface area contributed by atoms with Crippen LogP contribution in [-0.4, -0.2) is 42.3 Å². The van der Waals surface area contributed by atoms with Crippen LogP contribution in [0.15, 0.2) is 18.2 Å². The Morgan fingerprint density at radius 1 is 1.45 bits per heavy atom. The van der Waals surface area contributed by atoms with Crippen molar-refractivity contribution in [3.63, 3.8) is 0 Å². The summed E-state index contributed by atoms with van der Waals surface area (Å²) in [6.07, 6.45) is 0. The zero-order chi connectivity index (χ0) is 14.9. The van der Waals surface area contributed by atoms with Crippen molar-refractivity contribution in [2.45, 2.75) is 19.0 Å². The molecular formula is C14H17F2NO3. The zero-order valence-corrected chi connectivity index (χ0v) is 11.3. The highest BCUT2D eigenvalue weighted by Gasteiger charge is 2.38. The van der Waals surface area contributed by atoms with Crippen molar-refractivity contribution in [1.29, 1.82) is 0 Å². The second kappa shape index (κ2) is 5.85. The third-order valence-corrected chi connectivity index (χ3v) is 3.93. The van der Waals surface area contributed by atoms with Crippen molar-refractivity contribution < 1.29 is 23.4 Å². The van der Waals surface area contributed by atoms with E-state index in [0.717, 1.165) is 6.07 Å². The molecule has 110 valence electrons. The Kier molecular flexibility index (Phi) is 4.35. The molecule has 0 spiro atoms. The number of hydrogen-bond acceptors (Lipinski definition) is 3. The Morgan fingerprint density at radius 3 is 2.80 bits per heavy atom. The predicted molar refractivity (Wildman–Crippen MR) is 68.3 cm³/mol. The van der Waals surface area contributed by atoms with Gasteiger partial charge < -0.3 is 9.84 Å². The number of hydrogen-bond donors (Lipinski definition) is 1. The summed E-state index contributed by atoms with van der Waals surface area (Å²) in [6.45, 7) is 2.13. The highest BCUT2D eigenvalue weighted by Crippen LogP contribution is 2.29. The zero-order valence-electron chi connectivity index (χ0n) is 11.3. The highest BCUT2D eigenvalue weighted by molar-refractivity contribution is 5.71. The van der Waals surface area contributed by atoms with E-state index in [2.05, 4.69) is 0 Å².